The number of hydrogen-bond donors (Lipinski definition) is 2. The number of pyridine rings is 1. The molecule has 0 saturated heterocycles. The number of anilines is 1. The Bertz CT molecular complexity index is 1370. The first-order chi connectivity index (χ1) is 14.3. The Morgan fingerprint density at radius 2 is 1.61 bits per heavy atom. The summed E-state index contributed by atoms with van der Waals surface area (Å²) in [5.74, 6) is 0. The van der Waals surface area contributed by atoms with Crippen molar-refractivity contribution < 1.29 is 13.0 Å². The van der Waals surface area contributed by atoms with Crippen molar-refractivity contribution in [2.24, 2.45) is 10.2 Å². The molecule has 0 atom stereocenters. The first kappa shape index (κ1) is 23.1. The van der Waals surface area contributed by atoms with Crippen LogP contribution >= 0.6 is 0 Å². The van der Waals surface area contributed by atoms with Crippen LogP contribution in [0.25, 0.3) is 22.0 Å². The molecular weight excluding hydrogens is 423 g/mol. The molecule has 0 fully saturated rings. The van der Waals surface area contributed by atoms with Crippen LogP contribution < -0.4 is 5.73 Å². The molecule has 9 heteroatoms. The van der Waals surface area contributed by atoms with Crippen molar-refractivity contribution >= 4 is 67.5 Å². The Balaban J connectivity index is 0.00000272. The molecule has 0 spiro atoms. The van der Waals surface area contributed by atoms with E-state index < -0.39 is 10.1 Å². The van der Waals surface area contributed by atoms with Gasteiger partial charge in [-0.25, -0.2) is 0 Å². The van der Waals surface area contributed by atoms with Crippen LogP contribution in [0.2, 0.25) is 0 Å². The number of benzene rings is 3. The van der Waals surface area contributed by atoms with Crippen molar-refractivity contribution in [3.63, 3.8) is 0 Å². The van der Waals surface area contributed by atoms with E-state index >= 15 is 0 Å². The minimum absolute atomic E-state index is 0. The molecule has 0 aliphatic carbocycles. The summed E-state index contributed by atoms with van der Waals surface area (Å²) in [4.78, 5) is 4.13. The Morgan fingerprint density at radius 3 is 2.23 bits per heavy atom. The van der Waals surface area contributed by atoms with Crippen LogP contribution in [0, 0.1) is 6.92 Å². The summed E-state index contributed by atoms with van der Waals surface area (Å²) < 4.78 is 33.2. The first-order valence-corrected chi connectivity index (χ1v) is 10.5. The van der Waals surface area contributed by atoms with Crippen molar-refractivity contribution in [2.75, 3.05) is 5.73 Å². The maximum atomic E-state index is 11.8. The molecule has 0 unspecified atom stereocenters. The van der Waals surface area contributed by atoms with Crippen LogP contribution in [0.15, 0.2) is 88.1 Å². The second-order valence-electron chi connectivity index (χ2n) is 6.80. The molecule has 0 aliphatic heterocycles. The Hall–Kier alpha value is -2.62. The SMILES string of the molecule is Cc1ccc(-c2ccc(/N=N/c3cc(S(=O)(=O)O)c4ccccc4c3N)cn2)cc1.[NaH]. The van der Waals surface area contributed by atoms with Gasteiger partial charge < -0.3 is 5.73 Å². The van der Waals surface area contributed by atoms with Crippen LogP contribution in [-0.4, -0.2) is 47.5 Å². The zero-order chi connectivity index (χ0) is 21.3. The minimum atomic E-state index is -4.46. The van der Waals surface area contributed by atoms with E-state index in [2.05, 4.69) is 15.2 Å². The predicted molar refractivity (Wildman–Crippen MR) is 124 cm³/mol. The fraction of sp³-hybridized carbons (Fsp3) is 0.0455. The molecule has 7 nitrogen and oxygen atoms in total. The third-order valence-corrected chi connectivity index (χ3v) is 5.57. The van der Waals surface area contributed by atoms with Gasteiger partial charge >= 0.3 is 29.6 Å². The van der Waals surface area contributed by atoms with Crippen LogP contribution in [-0.2, 0) is 10.1 Å². The normalized spacial score (nSPS) is 11.5. The molecule has 0 radical (unpaired) electrons. The van der Waals surface area contributed by atoms with Crippen molar-refractivity contribution in [3.05, 3.63) is 78.5 Å². The maximum absolute atomic E-state index is 11.8. The summed E-state index contributed by atoms with van der Waals surface area (Å²) in [5, 5.41) is 9.01. The van der Waals surface area contributed by atoms with Crippen LogP contribution in [0.3, 0.4) is 0 Å². The van der Waals surface area contributed by atoms with Gasteiger partial charge in [-0.1, -0.05) is 54.1 Å². The van der Waals surface area contributed by atoms with Gasteiger partial charge in [0.2, 0.25) is 0 Å². The summed E-state index contributed by atoms with van der Waals surface area (Å²) >= 11 is 0. The van der Waals surface area contributed by atoms with Gasteiger partial charge in [0.25, 0.3) is 10.1 Å². The van der Waals surface area contributed by atoms with Gasteiger partial charge in [-0.2, -0.15) is 8.42 Å². The van der Waals surface area contributed by atoms with Crippen molar-refractivity contribution in [1.82, 2.24) is 4.98 Å². The molecular formula is C22H19N4NaO3S. The van der Waals surface area contributed by atoms with Gasteiger partial charge in [0, 0.05) is 16.3 Å². The Kier molecular flexibility index (Phi) is 6.88. The summed E-state index contributed by atoms with van der Waals surface area (Å²) in [7, 11) is -4.46. The molecule has 3 aromatic carbocycles. The fourth-order valence-corrected chi connectivity index (χ4v) is 3.82. The topological polar surface area (TPSA) is 118 Å². The molecule has 1 aromatic heterocycles. The third-order valence-electron chi connectivity index (χ3n) is 4.67. The molecule has 3 N–H and O–H groups in total. The number of nitrogens with zero attached hydrogens (tertiary/aromatic N) is 3. The zero-order valence-electron chi connectivity index (χ0n) is 16.0. The summed E-state index contributed by atoms with van der Waals surface area (Å²) in [6.07, 6.45) is 1.57. The standard InChI is InChI=1S/C22H18N4O3S.Na.H/c1-14-6-8-15(9-7-14)19-11-10-16(13-24-19)25-26-20-12-21(30(27,28)29)17-4-2-3-5-18(17)22(20)23;;/h2-13H,23H2,1H3,(H,27,28,29);;/b26-25+;;. The van der Waals surface area contributed by atoms with E-state index in [9.17, 15) is 13.0 Å². The molecule has 0 bridgehead atoms. The van der Waals surface area contributed by atoms with E-state index in [1.165, 1.54) is 11.6 Å². The van der Waals surface area contributed by atoms with Gasteiger partial charge in [0.15, 0.2) is 0 Å². The Labute approximate surface area is 202 Å². The van der Waals surface area contributed by atoms with E-state index in [-0.39, 0.29) is 45.8 Å². The van der Waals surface area contributed by atoms with E-state index in [1.807, 2.05) is 37.3 Å². The number of nitrogens with two attached hydrogens (primary N) is 1. The number of fused-ring (bicyclic) bond motifs is 1. The number of nitrogen functional groups attached to an aromatic ring is 1. The molecule has 0 aliphatic rings. The van der Waals surface area contributed by atoms with Crippen molar-refractivity contribution in [1.29, 1.82) is 0 Å². The average molecular weight is 442 g/mol. The molecule has 0 amide bonds. The van der Waals surface area contributed by atoms with Crippen LogP contribution in [0.4, 0.5) is 17.1 Å². The van der Waals surface area contributed by atoms with E-state index in [1.54, 1.807) is 36.5 Å². The molecule has 152 valence electrons. The predicted octanol–water partition coefficient (Wildman–Crippen LogP) is 4.81. The second kappa shape index (κ2) is 9.25. The summed E-state index contributed by atoms with van der Waals surface area (Å²) in [6.45, 7) is 2.02. The average Bonchev–Trinajstić information content (AvgIpc) is 2.73. The first-order valence-electron chi connectivity index (χ1n) is 9.06. The van der Waals surface area contributed by atoms with Gasteiger partial charge in [-0.15, -0.1) is 10.2 Å². The Morgan fingerprint density at radius 1 is 0.935 bits per heavy atom. The second-order valence-corrected chi connectivity index (χ2v) is 8.19. The van der Waals surface area contributed by atoms with Crippen LogP contribution in [0.5, 0.6) is 0 Å². The number of azo groups is 1. The molecule has 1 heterocycles. The van der Waals surface area contributed by atoms with Crippen molar-refractivity contribution in [2.45, 2.75) is 11.8 Å². The zero-order valence-corrected chi connectivity index (χ0v) is 16.8. The summed E-state index contributed by atoms with van der Waals surface area (Å²) in [6, 6.07) is 19.4. The van der Waals surface area contributed by atoms with Gasteiger partial charge in [0.1, 0.15) is 16.3 Å². The third kappa shape index (κ3) is 5.00. The molecule has 4 rings (SSSR count). The van der Waals surface area contributed by atoms with E-state index in [0.717, 1.165) is 11.3 Å². The van der Waals surface area contributed by atoms with E-state index in [0.29, 0.717) is 16.5 Å². The molecule has 0 saturated carbocycles. The van der Waals surface area contributed by atoms with Crippen molar-refractivity contribution in [3.8, 4) is 11.3 Å². The quantitative estimate of drug-likeness (QED) is 0.204. The monoisotopic (exact) mass is 442 g/mol. The summed E-state index contributed by atoms with van der Waals surface area (Å²) in [5.41, 5.74) is 10.0. The molecule has 31 heavy (non-hydrogen) atoms. The number of rotatable bonds is 4. The molecule has 4 aromatic rings. The number of aryl methyl sites for hydroxylation is 1. The number of hydrogen-bond acceptors (Lipinski definition) is 6. The van der Waals surface area contributed by atoms with Gasteiger partial charge in [-0.05, 0) is 25.1 Å². The number of aromatic nitrogens is 1. The van der Waals surface area contributed by atoms with Gasteiger partial charge in [-0.3, -0.25) is 9.54 Å². The van der Waals surface area contributed by atoms with E-state index in [4.69, 9.17) is 5.73 Å². The van der Waals surface area contributed by atoms with Crippen LogP contribution in [0.1, 0.15) is 5.56 Å². The van der Waals surface area contributed by atoms with Gasteiger partial charge in [0.05, 0.1) is 17.6 Å². The fourth-order valence-electron chi connectivity index (χ4n) is 3.10.